The molecule has 0 radical (unpaired) electrons. The molecule has 1 N–H and O–H groups in total. The molecule has 2 aromatic rings. The Morgan fingerprint density at radius 2 is 2.05 bits per heavy atom. The van der Waals surface area contributed by atoms with Crippen molar-refractivity contribution in [3.8, 4) is 6.07 Å². The van der Waals surface area contributed by atoms with E-state index in [-0.39, 0.29) is 11.9 Å². The van der Waals surface area contributed by atoms with Gasteiger partial charge in [-0.2, -0.15) is 5.26 Å². The summed E-state index contributed by atoms with van der Waals surface area (Å²) in [5.74, 6) is -0.278. The van der Waals surface area contributed by atoms with Gasteiger partial charge in [0.15, 0.2) is 0 Å². The summed E-state index contributed by atoms with van der Waals surface area (Å²) in [6.07, 6.45) is 1.72. The fourth-order valence-electron chi connectivity index (χ4n) is 2.76. The lowest BCUT2D eigenvalue weighted by atomic mass is 10.0. The number of aliphatic hydroxyl groups is 1. The number of halogens is 1. The third kappa shape index (κ3) is 2.71. The molecule has 0 bridgehead atoms. The average Bonchev–Trinajstić information content (AvgIpc) is 2.90. The van der Waals surface area contributed by atoms with Gasteiger partial charge in [0.05, 0.1) is 12.1 Å². The zero-order valence-corrected chi connectivity index (χ0v) is 11.3. The molecule has 106 valence electrons. The molecule has 0 aliphatic carbocycles. The smallest absolute Gasteiger partial charge is 0.142 e. The number of aromatic nitrogens is 1. The van der Waals surface area contributed by atoms with Crippen LogP contribution < -0.4 is 4.90 Å². The number of aliphatic hydroxyl groups excluding tert-OH is 1. The number of anilines is 1. The Morgan fingerprint density at radius 1 is 1.29 bits per heavy atom. The molecule has 3 rings (SSSR count). The quantitative estimate of drug-likeness (QED) is 0.919. The molecule has 0 spiro atoms. The van der Waals surface area contributed by atoms with Gasteiger partial charge in [0.1, 0.15) is 17.6 Å². The SMILES string of the molecule is N#Cc1cc(N2C[C@H](O)C[C@H]2c2ccc(F)cc2)ccn1. The summed E-state index contributed by atoms with van der Waals surface area (Å²) in [5, 5.41) is 18.9. The first-order valence-corrected chi connectivity index (χ1v) is 6.73. The van der Waals surface area contributed by atoms with E-state index in [0.29, 0.717) is 18.7 Å². The van der Waals surface area contributed by atoms with E-state index in [4.69, 9.17) is 5.26 Å². The van der Waals surface area contributed by atoms with Crippen LogP contribution in [0, 0.1) is 17.1 Å². The maximum Gasteiger partial charge on any atom is 0.142 e. The van der Waals surface area contributed by atoms with Crippen molar-refractivity contribution in [3.05, 3.63) is 59.7 Å². The van der Waals surface area contributed by atoms with Gasteiger partial charge in [0, 0.05) is 18.4 Å². The minimum Gasteiger partial charge on any atom is -0.391 e. The van der Waals surface area contributed by atoms with Gasteiger partial charge in [-0.15, -0.1) is 0 Å². The van der Waals surface area contributed by atoms with Crippen molar-refractivity contribution in [3.63, 3.8) is 0 Å². The lowest BCUT2D eigenvalue weighted by Gasteiger charge is -2.26. The van der Waals surface area contributed by atoms with E-state index in [2.05, 4.69) is 4.98 Å². The Balaban J connectivity index is 1.95. The normalized spacial score (nSPS) is 21.3. The van der Waals surface area contributed by atoms with Crippen molar-refractivity contribution in [2.45, 2.75) is 18.6 Å². The Hall–Kier alpha value is -2.45. The maximum absolute atomic E-state index is 13.1. The van der Waals surface area contributed by atoms with E-state index in [1.54, 1.807) is 24.4 Å². The number of nitriles is 1. The molecular weight excluding hydrogens is 269 g/mol. The molecule has 1 aliphatic rings. The zero-order valence-electron chi connectivity index (χ0n) is 11.3. The highest BCUT2D eigenvalue weighted by Gasteiger charge is 2.32. The number of rotatable bonds is 2. The Bertz CT molecular complexity index is 681. The number of hydrogen-bond donors (Lipinski definition) is 1. The van der Waals surface area contributed by atoms with Crippen LogP contribution in [0.1, 0.15) is 23.7 Å². The Labute approximate surface area is 122 Å². The van der Waals surface area contributed by atoms with Gasteiger partial charge >= 0.3 is 0 Å². The summed E-state index contributed by atoms with van der Waals surface area (Å²) in [4.78, 5) is 5.99. The van der Waals surface area contributed by atoms with Gasteiger partial charge in [-0.3, -0.25) is 0 Å². The molecule has 0 amide bonds. The van der Waals surface area contributed by atoms with E-state index < -0.39 is 6.10 Å². The van der Waals surface area contributed by atoms with Crippen molar-refractivity contribution < 1.29 is 9.50 Å². The number of benzene rings is 1. The van der Waals surface area contributed by atoms with E-state index >= 15 is 0 Å². The van der Waals surface area contributed by atoms with Crippen molar-refractivity contribution in [2.75, 3.05) is 11.4 Å². The third-order valence-electron chi connectivity index (χ3n) is 3.72. The lowest BCUT2D eigenvalue weighted by molar-refractivity contribution is 0.194. The van der Waals surface area contributed by atoms with E-state index in [9.17, 15) is 9.50 Å². The number of nitrogens with zero attached hydrogens (tertiary/aromatic N) is 3. The van der Waals surface area contributed by atoms with Crippen LogP contribution in [0.3, 0.4) is 0 Å². The first kappa shape index (κ1) is 13.5. The second-order valence-corrected chi connectivity index (χ2v) is 5.12. The summed E-state index contributed by atoms with van der Waals surface area (Å²) in [6, 6.07) is 11.8. The summed E-state index contributed by atoms with van der Waals surface area (Å²) < 4.78 is 13.1. The van der Waals surface area contributed by atoms with Gasteiger partial charge in [0.2, 0.25) is 0 Å². The molecule has 4 nitrogen and oxygen atoms in total. The lowest BCUT2D eigenvalue weighted by Crippen LogP contribution is -2.24. The predicted molar refractivity (Wildman–Crippen MR) is 76.1 cm³/mol. The van der Waals surface area contributed by atoms with Crippen LogP contribution in [0.15, 0.2) is 42.6 Å². The summed E-state index contributed by atoms with van der Waals surface area (Å²) in [6.45, 7) is 0.483. The largest absolute Gasteiger partial charge is 0.391 e. The minimum absolute atomic E-state index is 0.0328. The molecule has 21 heavy (non-hydrogen) atoms. The standard InChI is InChI=1S/C16H14FN3O/c17-12-3-1-11(2-4-12)16-8-15(21)10-20(16)14-5-6-19-13(7-14)9-18/h1-7,15-16,21H,8,10H2/t15-,16+/m1/s1. The van der Waals surface area contributed by atoms with Gasteiger partial charge in [-0.25, -0.2) is 9.37 Å². The summed E-state index contributed by atoms with van der Waals surface area (Å²) in [5.41, 5.74) is 2.13. The molecule has 0 saturated carbocycles. The van der Waals surface area contributed by atoms with Crippen molar-refractivity contribution >= 4 is 5.69 Å². The number of pyridine rings is 1. The molecule has 2 heterocycles. The van der Waals surface area contributed by atoms with Gasteiger partial charge in [-0.1, -0.05) is 12.1 Å². The minimum atomic E-state index is -0.446. The highest BCUT2D eigenvalue weighted by Crippen LogP contribution is 2.36. The van der Waals surface area contributed by atoms with Crippen LogP contribution >= 0.6 is 0 Å². The third-order valence-corrected chi connectivity index (χ3v) is 3.72. The average molecular weight is 283 g/mol. The predicted octanol–water partition coefficient (Wildman–Crippen LogP) is 2.40. The monoisotopic (exact) mass is 283 g/mol. The molecule has 1 aliphatic heterocycles. The molecule has 1 aromatic heterocycles. The van der Waals surface area contributed by atoms with Gasteiger partial charge in [0.25, 0.3) is 0 Å². The Morgan fingerprint density at radius 3 is 2.76 bits per heavy atom. The molecule has 0 unspecified atom stereocenters. The molecule has 1 saturated heterocycles. The van der Waals surface area contributed by atoms with Crippen LogP contribution in [0.4, 0.5) is 10.1 Å². The summed E-state index contributed by atoms with van der Waals surface area (Å²) >= 11 is 0. The second kappa shape index (κ2) is 5.51. The zero-order chi connectivity index (χ0) is 14.8. The van der Waals surface area contributed by atoms with E-state index in [1.807, 2.05) is 17.0 Å². The van der Waals surface area contributed by atoms with Crippen molar-refractivity contribution in [1.29, 1.82) is 5.26 Å². The van der Waals surface area contributed by atoms with E-state index in [0.717, 1.165) is 11.3 Å². The fourth-order valence-corrected chi connectivity index (χ4v) is 2.76. The highest BCUT2D eigenvalue weighted by molar-refractivity contribution is 5.52. The van der Waals surface area contributed by atoms with E-state index in [1.165, 1.54) is 12.1 Å². The molecule has 1 aromatic carbocycles. The molecule has 5 heteroatoms. The van der Waals surface area contributed by atoms with Gasteiger partial charge < -0.3 is 10.0 Å². The number of β-amino-alcohol motifs (C(OH)–C–C–N with tert-alkyl or cyclic N) is 1. The maximum atomic E-state index is 13.1. The van der Waals surface area contributed by atoms with Crippen molar-refractivity contribution in [2.24, 2.45) is 0 Å². The molecule has 1 fully saturated rings. The highest BCUT2D eigenvalue weighted by atomic mass is 19.1. The second-order valence-electron chi connectivity index (χ2n) is 5.12. The molecular formula is C16H14FN3O. The first-order chi connectivity index (χ1) is 10.2. The number of hydrogen-bond acceptors (Lipinski definition) is 4. The first-order valence-electron chi connectivity index (χ1n) is 6.73. The fraction of sp³-hybridized carbons (Fsp3) is 0.250. The Kier molecular flexibility index (Phi) is 3.55. The topological polar surface area (TPSA) is 60.2 Å². The van der Waals surface area contributed by atoms with Gasteiger partial charge in [-0.05, 0) is 36.2 Å². The van der Waals surface area contributed by atoms with Crippen LogP contribution in [-0.2, 0) is 0 Å². The van der Waals surface area contributed by atoms with Crippen LogP contribution in [0.5, 0.6) is 0 Å². The summed E-state index contributed by atoms with van der Waals surface area (Å²) in [7, 11) is 0. The molecule has 2 atom stereocenters. The van der Waals surface area contributed by atoms with Crippen molar-refractivity contribution in [1.82, 2.24) is 4.98 Å². The van der Waals surface area contributed by atoms with Crippen LogP contribution in [0.25, 0.3) is 0 Å². The van der Waals surface area contributed by atoms with Crippen LogP contribution in [0.2, 0.25) is 0 Å². The van der Waals surface area contributed by atoms with Crippen LogP contribution in [-0.4, -0.2) is 22.7 Å².